The van der Waals surface area contributed by atoms with Gasteiger partial charge in [-0.05, 0) is 18.6 Å². The average molecular weight is 262 g/mol. The molecule has 20 heavy (non-hydrogen) atoms. The number of hydrogen-bond donors (Lipinski definition) is 0. The molecular weight excluding hydrogens is 248 g/mol. The van der Waals surface area contributed by atoms with Crippen LogP contribution in [-0.2, 0) is 0 Å². The summed E-state index contributed by atoms with van der Waals surface area (Å²) in [6, 6.07) is 15.7. The van der Waals surface area contributed by atoms with Crippen molar-refractivity contribution in [2.24, 2.45) is 0 Å². The van der Waals surface area contributed by atoms with E-state index in [1.54, 1.807) is 12.3 Å². The van der Waals surface area contributed by atoms with E-state index < -0.39 is 0 Å². The largest absolute Gasteiger partial charge is 0.460 e. The van der Waals surface area contributed by atoms with Gasteiger partial charge in [-0.25, -0.2) is 0 Å². The second-order valence-corrected chi connectivity index (χ2v) is 4.76. The van der Waals surface area contributed by atoms with Crippen molar-refractivity contribution in [3.8, 4) is 0 Å². The Morgan fingerprint density at radius 3 is 2.80 bits per heavy atom. The van der Waals surface area contributed by atoms with E-state index >= 15 is 0 Å². The molecule has 3 aromatic rings. The Morgan fingerprint density at radius 1 is 1.10 bits per heavy atom. The van der Waals surface area contributed by atoms with E-state index in [1.807, 2.05) is 61.5 Å². The monoisotopic (exact) mass is 262 g/mol. The van der Waals surface area contributed by atoms with Gasteiger partial charge in [0.15, 0.2) is 5.76 Å². The summed E-state index contributed by atoms with van der Waals surface area (Å²) in [4.78, 5) is 12.2. The van der Waals surface area contributed by atoms with E-state index in [-0.39, 0.29) is 5.78 Å². The average Bonchev–Trinajstić information content (AvgIpc) is 2.89. The first-order valence-electron chi connectivity index (χ1n) is 6.49. The molecule has 0 radical (unpaired) electrons. The van der Waals surface area contributed by atoms with Gasteiger partial charge in [-0.3, -0.25) is 4.79 Å². The van der Waals surface area contributed by atoms with Gasteiger partial charge < -0.3 is 4.42 Å². The van der Waals surface area contributed by atoms with Crippen molar-refractivity contribution in [1.29, 1.82) is 0 Å². The van der Waals surface area contributed by atoms with Crippen LogP contribution in [-0.4, -0.2) is 5.78 Å². The van der Waals surface area contributed by atoms with Gasteiger partial charge >= 0.3 is 0 Å². The number of benzene rings is 2. The van der Waals surface area contributed by atoms with Crippen LogP contribution in [0.3, 0.4) is 0 Å². The Labute approximate surface area is 117 Å². The maximum Gasteiger partial charge on any atom is 0.221 e. The van der Waals surface area contributed by atoms with Crippen molar-refractivity contribution in [1.82, 2.24) is 0 Å². The number of hydrogen-bond acceptors (Lipinski definition) is 2. The Balaban J connectivity index is 1.90. The lowest BCUT2D eigenvalue weighted by Gasteiger charge is -1.95. The molecule has 1 heterocycles. The van der Waals surface area contributed by atoms with Gasteiger partial charge in [0, 0.05) is 10.8 Å². The highest BCUT2D eigenvalue weighted by molar-refractivity contribution is 6.12. The summed E-state index contributed by atoms with van der Waals surface area (Å²) in [7, 11) is 0. The molecule has 0 N–H and O–H groups in total. The van der Waals surface area contributed by atoms with Gasteiger partial charge in [0.2, 0.25) is 5.78 Å². The van der Waals surface area contributed by atoms with Crippen molar-refractivity contribution in [3.05, 3.63) is 77.8 Å². The maximum atomic E-state index is 12.2. The van der Waals surface area contributed by atoms with Gasteiger partial charge in [-0.2, -0.15) is 0 Å². The molecule has 0 fully saturated rings. The van der Waals surface area contributed by atoms with E-state index in [2.05, 4.69) is 0 Å². The number of fused-ring (bicyclic) bond motifs is 1. The molecule has 0 aliphatic heterocycles. The molecule has 0 unspecified atom stereocenters. The Bertz CT molecular complexity index is 794. The molecule has 2 aromatic carbocycles. The lowest BCUT2D eigenvalue weighted by atomic mass is 10.1. The van der Waals surface area contributed by atoms with Crippen molar-refractivity contribution in [3.63, 3.8) is 0 Å². The topological polar surface area (TPSA) is 30.2 Å². The first-order valence-corrected chi connectivity index (χ1v) is 6.49. The van der Waals surface area contributed by atoms with E-state index in [1.165, 1.54) is 5.56 Å². The minimum absolute atomic E-state index is 0.118. The van der Waals surface area contributed by atoms with Crippen LogP contribution in [0, 0.1) is 6.92 Å². The molecule has 2 nitrogen and oxygen atoms in total. The van der Waals surface area contributed by atoms with Crippen LogP contribution in [0.5, 0.6) is 0 Å². The van der Waals surface area contributed by atoms with Gasteiger partial charge in [-0.15, -0.1) is 0 Å². The molecule has 1 aromatic heterocycles. The fourth-order valence-corrected chi connectivity index (χ4v) is 2.20. The van der Waals surface area contributed by atoms with Crippen LogP contribution in [0.2, 0.25) is 0 Å². The Kier molecular flexibility index (Phi) is 3.21. The third kappa shape index (κ3) is 2.41. The molecule has 0 bridgehead atoms. The van der Waals surface area contributed by atoms with Crippen molar-refractivity contribution >= 4 is 22.6 Å². The predicted octanol–water partition coefficient (Wildman–Crippen LogP) is 4.64. The van der Waals surface area contributed by atoms with Gasteiger partial charge in [0.25, 0.3) is 0 Å². The molecule has 0 aliphatic rings. The predicted molar refractivity (Wildman–Crippen MR) is 80.8 cm³/mol. The molecule has 3 rings (SSSR count). The van der Waals surface area contributed by atoms with Crippen molar-refractivity contribution in [2.75, 3.05) is 0 Å². The highest BCUT2D eigenvalue weighted by Gasteiger charge is 2.11. The molecule has 2 heteroatoms. The molecule has 0 spiro atoms. The summed E-state index contributed by atoms with van der Waals surface area (Å²) in [5.74, 6) is 0.275. The maximum absolute atomic E-state index is 12.2. The number of aryl methyl sites for hydroxylation is 1. The zero-order chi connectivity index (χ0) is 13.9. The van der Waals surface area contributed by atoms with Gasteiger partial charge in [-0.1, -0.05) is 60.2 Å². The SMILES string of the molecule is Cc1cccc(C=CC(=O)c2occ3ccccc23)c1. The summed E-state index contributed by atoms with van der Waals surface area (Å²) in [6.45, 7) is 2.03. The molecule has 0 amide bonds. The lowest BCUT2D eigenvalue weighted by Crippen LogP contribution is -1.91. The minimum atomic E-state index is -0.118. The number of carbonyl (C=O) groups excluding carboxylic acids is 1. The number of carbonyl (C=O) groups is 1. The highest BCUT2D eigenvalue weighted by Crippen LogP contribution is 2.21. The standard InChI is InChI=1S/C18H14O2/c1-13-5-4-6-14(11-13)9-10-17(19)18-16-8-3-2-7-15(16)12-20-18/h2-12H,1H3. The van der Waals surface area contributed by atoms with Crippen LogP contribution in [0.4, 0.5) is 0 Å². The third-order valence-electron chi connectivity index (χ3n) is 3.20. The Morgan fingerprint density at radius 2 is 1.95 bits per heavy atom. The zero-order valence-corrected chi connectivity index (χ0v) is 11.2. The van der Waals surface area contributed by atoms with Crippen LogP contribution in [0.1, 0.15) is 21.7 Å². The molecular formula is C18H14O2. The molecule has 0 saturated carbocycles. The number of ketones is 1. The summed E-state index contributed by atoms with van der Waals surface area (Å²) < 4.78 is 5.39. The molecule has 0 aliphatic carbocycles. The van der Waals surface area contributed by atoms with Crippen molar-refractivity contribution in [2.45, 2.75) is 6.92 Å². The normalized spacial score (nSPS) is 11.2. The summed E-state index contributed by atoms with van der Waals surface area (Å²) in [6.07, 6.45) is 4.98. The zero-order valence-electron chi connectivity index (χ0n) is 11.2. The highest BCUT2D eigenvalue weighted by atomic mass is 16.3. The quantitative estimate of drug-likeness (QED) is 0.508. The number of rotatable bonds is 3. The smallest absolute Gasteiger partial charge is 0.221 e. The van der Waals surface area contributed by atoms with Crippen LogP contribution < -0.4 is 0 Å². The molecule has 0 saturated heterocycles. The van der Waals surface area contributed by atoms with E-state index in [4.69, 9.17) is 4.42 Å². The molecule has 0 atom stereocenters. The fraction of sp³-hybridized carbons (Fsp3) is 0.0556. The number of furan rings is 1. The lowest BCUT2D eigenvalue weighted by molar-refractivity contribution is 0.102. The van der Waals surface area contributed by atoms with E-state index in [0.717, 1.165) is 16.3 Å². The second-order valence-electron chi connectivity index (χ2n) is 4.76. The molecule has 98 valence electrons. The minimum Gasteiger partial charge on any atom is -0.460 e. The summed E-state index contributed by atoms with van der Waals surface area (Å²) in [5.41, 5.74) is 2.18. The van der Waals surface area contributed by atoms with Gasteiger partial charge in [0.1, 0.15) is 0 Å². The summed E-state index contributed by atoms with van der Waals surface area (Å²) >= 11 is 0. The Hall–Kier alpha value is -2.61. The number of allylic oxidation sites excluding steroid dienone is 1. The van der Waals surface area contributed by atoms with Crippen LogP contribution >= 0.6 is 0 Å². The van der Waals surface area contributed by atoms with Crippen molar-refractivity contribution < 1.29 is 9.21 Å². The van der Waals surface area contributed by atoms with E-state index in [0.29, 0.717) is 5.76 Å². The van der Waals surface area contributed by atoms with Gasteiger partial charge in [0.05, 0.1) is 6.26 Å². The van der Waals surface area contributed by atoms with Crippen LogP contribution in [0.25, 0.3) is 16.8 Å². The van der Waals surface area contributed by atoms with Crippen LogP contribution in [0.15, 0.2) is 65.3 Å². The third-order valence-corrected chi connectivity index (χ3v) is 3.20. The summed E-state index contributed by atoms with van der Waals surface area (Å²) in [5, 5.41) is 1.80. The first-order chi connectivity index (χ1) is 9.74. The van der Waals surface area contributed by atoms with E-state index in [9.17, 15) is 4.79 Å². The second kappa shape index (κ2) is 5.17. The first kappa shape index (κ1) is 12.4. The fourth-order valence-electron chi connectivity index (χ4n) is 2.20.